The van der Waals surface area contributed by atoms with Crippen LogP contribution in [0.5, 0.6) is 17.2 Å². The van der Waals surface area contributed by atoms with Crippen molar-refractivity contribution in [3.8, 4) is 17.2 Å². The molecule has 0 aliphatic heterocycles. The average molecular weight is 496 g/mol. The van der Waals surface area contributed by atoms with E-state index in [4.69, 9.17) is 25.8 Å². The molecule has 0 spiro atoms. The van der Waals surface area contributed by atoms with Gasteiger partial charge in [-0.1, -0.05) is 23.7 Å². The van der Waals surface area contributed by atoms with Crippen molar-refractivity contribution < 1.29 is 23.8 Å². The summed E-state index contributed by atoms with van der Waals surface area (Å²) in [4.78, 5) is 24.8. The SMILES string of the molecule is CCOc1ccc(C(=O)N/N=C/c2cc(Cl)ccc2OCC(=O)Nc2cccc(C)c2)cc1OC. The molecule has 0 fully saturated rings. The summed E-state index contributed by atoms with van der Waals surface area (Å²) in [6.07, 6.45) is 1.39. The molecule has 0 unspecified atom stereocenters. The van der Waals surface area contributed by atoms with Crippen LogP contribution >= 0.6 is 11.6 Å². The van der Waals surface area contributed by atoms with E-state index in [0.717, 1.165) is 5.56 Å². The highest BCUT2D eigenvalue weighted by Crippen LogP contribution is 2.28. The quantitative estimate of drug-likeness (QED) is 0.310. The summed E-state index contributed by atoms with van der Waals surface area (Å²) in [7, 11) is 1.50. The summed E-state index contributed by atoms with van der Waals surface area (Å²) < 4.78 is 16.4. The summed E-state index contributed by atoms with van der Waals surface area (Å²) >= 11 is 6.10. The van der Waals surface area contributed by atoms with Gasteiger partial charge in [0.25, 0.3) is 11.8 Å². The minimum atomic E-state index is -0.440. The number of aryl methyl sites for hydroxylation is 1. The van der Waals surface area contributed by atoms with E-state index in [9.17, 15) is 9.59 Å². The predicted octanol–water partition coefficient (Wildman–Crippen LogP) is 4.84. The third-order valence-electron chi connectivity index (χ3n) is 4.73. The molecule has 9 heteroatoms. The second-order valence-electron chi connectivity index (χ2n) is 7.39. The van der Waals surface area contributed by atoms with Gasteiger partial charge in [-0.2, -0.15) is 5.10 Å². The van der Waals surface area contributed by atoms with E-state index in [2.05, 4.69) is 15.8 Å². The summed E-state index contributed by atoms with van der Waals surface area (Å²) in [6, 6.07) is 17.2. The number of anilines is 1. The Morgan fingerprint density at radius 2 is 1.80 bits per heavy atom. The van der Waals surface area contributed by atoms with Gasteiger partial charge in [0.15, 0.2) is 18.1 Å². The molecule has 0 bridgehead atoms. The van der Waals surface area contributed by atoms with Crippen LogP contribution in [0.2, 0.25) is 5.02 Å². The second-order valence-corrected chi connectivity index (χ2v) is 7.82. The average Bonchev–Trinajstić information content (AvgIpc) is 2.84. The first-order valence-corrected chi connectivity index (χ1v) is 11.2. The summed E-state index contributed by atoms with van der Waals surface area (Å²) in [6.45, 7) is 4.06. The van der Waals surface area contributed by atoms with Crippen LogP contribution in [0, 0.1) is 6.92 Å². The molecule has 3 rings (SSSR count). The fourth-order valence-corrected chi connectivity index (χ4v) is 3.30. The van der Waals surface area contributed by atoms with E-state index in [0.29, 0.717) is 45.7 Å². The van der Waals surface area contributed by atoms with E-state index >= 15 is 0 Å². The predicted molar refractivity (Wildman–Crippen MR) is 136 cm³/mol. The highest BCUT2D eigenvalue weighted by atomic mass is 35.5. The number of halogens is 1. The molecule has 0 aliphatic rings. The number of rotatable bonds is 10. The maximum absolute atomic E-state index is 12.5. The van der Waals surface area contributed by atoms with Gasteiger partial charge in [-0.3, -0.25) is 9.59 Å². The summed E-state index contributed by atoms with van der Waals surface area (Å²) in [5, 5.41) is 7.23. The molecule has 3 aromatic carbocycles. The molecule has 0 heterocycles. The molecule has 3 aromatic rings. The van der Waals surface area contributed by atoms with Crippen molar-refractivity contribution in [1.29, 1.82) is 0 Å². The van der Waals surface area contributed by atoms with E-state index < -0.39 is 5.91 Å². The fourth-order valence-electron chi connectivity index (χ4n) is 3.12. The lowest BCUT2D eigenvalue weighted by Gasteiger charge is -2.11. The van der Waals surface area contributed by atoms with E-state index in [1.54, 1.807) is 42.5 Å². The lowest BCUT2D eigenvalue weighted by atomic mass is 10.2. The minimum absolute atomic E-state index is 0.214. The van der Waals surface area contributed by atoms with Crippen LogP contribution < -0.4 is 25.0 Å². The van der Waals surface area contributed by atoms with Crippen LogP contribution in [0.15, 0.2) is 65.8 Å². The second kappa shape index (κ2) is 12.4. The Morgan fingerprint density at radius 1 is 1.00 bits per heavy atom. The molecule has 35 heavy (non-hydrogen) atoms. The van der Waals surface area contributed by atoms with E-state index in [1.807, 2.05) is 32.0 Å². The standard InChI is InChI=1S/C26H26ClN3O5/c1-4-34-23-10-8-18(14-24(23)33-3)26(32)30-28-15-19-13-20(27)9-11-22(19)35-16-25(31)29-21-7-5-6-17(2)12-21/h5-15H,4,16H2,1-3H3,(H,29,31)(H,30,32)/b28-15+. The largest absolute Gasteiger partial charge is 0.493 e. The number of nitrogens with one attached hydrogen (secondary N) is 2. The van der Waals surface area contributed by atoms with Gasteiger partial charge in [0, 0.05) is 21.8 Å². The number of nitrogens with zero attached hydrogens (tertiary/aromatic N) is 1. The van der Waals surface area contributed by atoms with Crippen molar-refractivity contribution >= 4 is 35.3 Å². The number of carbonyl (C=O) groups is 2. The third kappa shape index (κ3) is 7.48. The van der Waals surface area contributed by atoms with Gasteiger partial charge >= 0.3 is 0 Å². The van der Waals surface area contributed by atoms with Gasteiger partial charge in [0.2, 0.25) is 0 Å². The first kappa shape index (κ1) is 25.6. The van der Waals surface area contributed by atoms with E-state index in [-0.39, 0.29) is 12.5 Å². The van der Waals surface area contributed by atoms with Crippen molar-refractivity contribution in [2.24, 2.45) is 5.10 Å². The van der Waals surface area contributed by atoms with Crippen LogP contribution in [0.3, 0.4) is 0 Å². The monoisotopic (exact) mass is 495 g/mol. The van der Waals surface area contributed by atoms with E-state index in [1.165, 1.54) is 13.3 Å². The highest BCUT2D eigenvalue weighted by Gasteiger charge is 2.11. The van der Waals surface area contributed by atoms with Crippen molar-refractivity contribution in [3.63, 3.8) is 0 Å². The molecule has 0 aromatic heterocycles. The normalized spacial score (nSPS) is 10.6. The van der Waals surface area contributed by atoms with Crippen molar-refractivity contribution in [2.75, 3.05) is 25.6 Å². The number of ether oxygens (including phenoxy) is 3. The van der Waals surface area contributed by atoms with Crippen LogP contribution in [0.25, 0.3) is 0 Å². The Kier molecular flexibility index (Phi) is 9.09. The smallest absolute Gasteiger partial charge is 0.271 e. The summed E-state index contributed by atoms with van der Waals surface area (Å²) in [5.74, 6) is 0.616. The Labute approximate surface area is 208 Å². The molecule has 2 amide bonds. The first-order chi connectivity index (χ1) is 16.9. The van der Waals surface area contributed by atoms with Gasteiger partial charge < -0.3 is 19.5 Å². The number of hydrazone groups is 1. The van der Waals surface area contributed by atoms with Gasteiger partial charge in [0.05, 0.1) is 19.9 Å². The number of benzene rings is 3. The lowest BCUT2D eigenvalue weighted by molar-refractivity contribution is -0.118. The van der Waals surface area contributed by atoms with Crippen LogP contribution in [-0.4, -0.2) is 38.4 Å². The molecule has 0 atom stereocenters. The van der Waals surface area contributed by atoms with Gasteiger partial charge in [-0.05, 0) is 67.9 Å². The molecule has 0 radical (unpaired) electrons. The Morgan fingerprint density at radius 3 is 2.54 bits per heavy atom. The molecule has 8 nitrogen and oxygen atoms in total. The zero-order valence-corrected chi connectivity index (χ0v) is 20.4. The van der Waals surface area contributed by atoms with Crippen LogP contribution in [-0.2, 0) is 4.79 Å². The molecule has 0 saturated carbocycles. The Bertz CT molecular complexity index is 1230. The zero-order chi connectivity index (χ0) is 25.2. The summed E-state index contributed by atoms with van der Waals surface area (Å²) in [5.41, 5.74) is 5.01. The Balaban J connectivity index is 1.63. The molecule has 182 valence electrons. The van der Waals surface area contributed by atoms with Crippen LogP contribution in [0.4, 0.5) is 5.69 Å². The minimum Gasteiger partial charge on any atom is -0.493 e. The van der Waals surface area contributed by atoms with Gasteiger partial charge in [0.1, 0.15) is 5.75 Å². The Hall–Kier alpha value is -4.04. The molecule has 2 N–H and O–H groups in total. The number of hydrogen-bond donors (Lipinski definition) is 2. The highest BCUT2D eigenvalue weighted by molar-refractivity contribution is 6.30. The third-order valence-corrected chi connectivity index (χ3v) is 4.96. The van der Waals surface area contributed by atoms with Crippen molar-refractivity contribution in [2.45, 2.75) is 13.8 Å². The number of carbonyl (C=O) groups excluding carboxylic acids is 2. The zero-order valence-electron chi connectivity index (χ0n) is 19.6. The topological polar surface area (TPSA) is 98.3 Å². The first-order valence-electron chi connectivity index (χ1n) is 10.8. The number of methoxy groups -OCH3 is 1. The lowest BCUT2D eigenvalue weighted by Crippen LogP contribution is -2.20. The van der Waals surface area contributed by atoms with Gasteiger partial charge in [-0.25, -0.2) is 5.43 Å². The van der Waals surface area contributed by atoms with Crippen LogP contribution in [0.1, 0.15) is 28.4 Å². The number of amides is 2. The maximum atomic E-state index is 12.5. The van der Waals surface area contributed by atoms with Crippen molar-refractivity contribution in [3.05, 3.63) is 82.4 Å². The number of hydrogen-bond acceptors (Lipinski definition) is 6. The maximum Gasteiger partial charge on any atom is 0.271 e. The molecule has 0 aliphatic carbocycles. The van der Waals surface area contributed by atoms with Crippen molar-refractivity contribution in [1.82, 2.24) is 5.43 Å². The van der Waals surface area contributed by atoms with Gasteiger partial charge in [-0.15, -0.1) is 0 Å². The molecular weight excluding hydrogens is 470 g/mol. The molecule has 0 saturated heterocycles. The fraction of sp³-hybridized carbons (Fsp3) is 0.192. The molecular formula is C26H26ClN3O5.